The van der Waals surface area contributed by atoms with Crippen LogP contribution in [0.2, 0.25) is 5.02 Å². The van der Waals surface area contributed by atoms with Gasteiger partial charge in [-0.2, -0.15) is 0 Å². The van der Waals surface area contributed by atoms with E-state index in [4.69, 9.17) is 11.6 Å². The van der Waals surface area contributed by atoms with Crippen LogP contribution in [0.15, 0.2) is 30.6 Å². The van der Waals surface area contributed by atoms with E-state index in [1.807, 2.05) is 6.07 Å². The molecule has 0 saturated heterocycles. The van der Waals surface area contributed by atoms with Gasteiger partial charge in [0.1, 0.15) is 23.8 Å². The number of halogens is 2. The molecule has 0 bridgehead atoms. The summed E-state index contributed by atoms with van der Waals surface area (Å²) in [6.07, 6.45) is 7.73. The van der Waals surface area contributed by atoms with E-state index in [-0.39, 0.29) is 5.02 Å². The van der Waals surface area contributed by atoms with Crippen LogP contribution in [-0.4, -0.2) is 16.0 Å². The van der Waals surface area contributed by atoms with Gasteiger partial charge in [0, 0.05) is 17.8 Å². The molecule has 0 atom stereocenters. The number of benzene rings is 1. The Morgan fingerprint density at radius 1 is 1.05 bits per heavy atom. The zero-order chi connectivity index (χ0) is 15.4. The normalized spacial score (nSPS) is 15.5. The van der Waals surface area contributed by atoms with Crippen molar-refractivity contribution in [3.8, 4) is 0 Å². The Bertz CT molecular complexity index is 644. The molecule has 0 amide bonds. The maximum absolute atomic E-state index is 13.2. The number of hydrogen-bond donors (Lipinski definition) is 2. The predicted molar refractivity (Wildman–Crippen MR) is 87.2 cm³/mol. The van der Waals surface area contributed by atoms with Crippen molar-refractivity contribution >= 4 is 28.9 Å². The molecule has 1 aromatic carbocycles. The minimum atomic E-state index is -0.436. The Balaban J connectivity index is 1.68. The maximum Gasteiger partial charge on any atom is 0.141 e. The van der Waals surface area contributed by atoms with E-state index in [0.29, 0.717) is 17.5 Å². The molecule has 2 aromatic rings. The van der Waals surface area contributed by atoms with Crippen LogP contribution in [0.3, 0.4) is 0 Å². The lowest BCUT2D eigenvalue weighted by Gasteiger charge is -2.23. The van der Waals surface area contributed by atoms with Crippen LogP contribution in [0.1, 0.15) is 32.1 Å². The molecule has 6 heteroatoms. The van der Waals surface area contributed by atoms with Crippen molar-refractivity contribution in [3.05, 3.63) is 41.4 Å². The molecule has 1 aliphatic carbocycles. The topological polar surface area (TPSA) is 49.8 Å². The highest BCUT2D eigenvalue weighted by atomic mass is 35.5. The first-order valence-electron chi connectivity index (χ1n) is 7.51. The summed E-state index contributed by atoms with van der Waals surface area (Å²) < 4.78 is 13.2. The monoisotopic (exact) mass is 320 g/mol. The smallest absolute Gasteiger partial charge is 0.141 e. The second kappa shape index (κ2) is 6.92. The summed E-state index contributed by atoms with van der Waals surface area (Å²) in [5.74, 6) is 1.02. The second-order valence-corrected chi connectivity index (χ2v) is 5.93. The van der Waals surface area contributed by atoms with Gasteiger partial charge in [-0.15, -0.1) is 0 Å². The van der Waals surface area contributed by atoms with Crippen molar-refractivity contribution < 1.29 is 4.39 Å². The van der Waals surface area contributed by atoms with Crippen LogP contribution >= 0.6 is 11.6 Å². The Kier molecular flexibility index (Phi) is 4.73. The number of nitrogens with one attached hydrogen (secondary N) is 2. The molecule has 1 saturated carbocycles. The van der Waals surface area contributed by atoms with Gasteiger partial charge in [0.15, 0.2) is 0 Å². The van der Waals surface area contributed by atoms with Crippen LogP contribution in [-0.2, 0) is 0 Å². The summed E-state index contributed by atoms with van der Waals surface area (Å²) in [5.41, 5.74) is 0.689. The molecule has 116 valence electrons. The average molecular weight is 321 g/mol. The summed E-state index contributed by atoms with van der Waals surface area (Å²) in [4.78, 5) is 8.44. The molecule has 1 aliphatic rings. The third-order valence-electron chi connectivity index (χ3n) is 3.82. The van der Waals surface area contributed by atoms with Crippen LogP contribution in [0, 0.1) is 5.82 Å². The number of aromatic nitrogens is 2. The third kappa shape index (κ3) is 3.85. The van der Waals surface area contributed by atoms with Gasteiger partial charge in [0.05, 0.1) is 5.02 Å². The molecule has 4 nitrogen and oxygen atoms in total. The summed E-state index contributed by atoms with van der Waals surface area (Å²) in [7, 11) is 0. The van der Waals surface area contributed by atoms with Crippen LogP contribution in [0.25, 0.3) is 0 Å². The quantitative estimate of drug-likeness (QED) is 0.853. The lowest BCUT2D eigenvalue weighted by Crippen LogP contribution is -2.22. The number of nitrogens with zero attached hydrogens (tertiary/aromatic N) is 2. The van der Waals surface area contributed by atoms with Crippen LogP contribution in [0.4, 0.5) is 21.7 Å². The molecule has 2 N–H and O–H groups in total. The zero-order valence-corrected chi connectivity index (χ0v) is 12.9. The Morgan fingerprint density at radius 2 is 1.82 bits per heavy atom. The molecule has 1 aromatic heterocycles. The van der Waals surface area contributed by atoms with Gasteiger partial charge < -0.3 is 10.6 Å². The van der Waals surface area contributed by atoms with E-state index < -0.39 is 5.82 Å². The first-order chi connectivity index (χ1) is 10.7. The molecule has 0 unspecified atom stereocenters. The molecule has 22 heavy (non-hydrogen) atoms. The van der Waals surface area contributed by atoms with Gasteiger partial charge in [-0.1, -0.05) is 30.9 Å². The highest BCUT2D eigenvalue weighted by molar-refractivity contribution is 6.31. The van der Waals surface area contributed by atoms with Gasteiger partial charge in [-0.05, 0) is 31.0 Å². The lowest BCUT2D eigenvalue weighted by molar-refractivity contribution is 0.462. The van der Waals surface area contributed by atoms with Crippen molar-refractivity contribution in [1.82, 2.24) is 9.97 Å². The highest BCUT2D eigenvalue weighted by Gasteiger charge is 2.13. The van der Waals surface area contributed by atoms with Gasteiger partial charge in [-0.3, -0.25) is 0 Å². The van der Waals surface area contributed by atoms with E-state index in [0.717, 1.165) is 5.82 Å². The number of anilines is 3. The van der Waals surface area contributed by atoms with Crippen molar-refractivity contribution in [3.63, 3.8) is 0 Å². The van der Waals surface area contributed by atoms with E-state index in [9.17, 15) is 4.39 Å². The maximum atomic E-state index is 13.2. The molecule has 3 rings (SSSR count). The van der Waals surface area contributed by atoms with Crippen molar-refractivity contribution in [2.24, 2.45) is 0 Å². The summed E-state index contributed by atoms with van der Waals surface area (Å²) in [6.45, 7) is 0. The standard InChI is InChI=1S/C16H18ClFN4/c17-13-8-12(6-7-14(13)18)22-16-9-15(19-10-20-16)21-11-4-2-1-3-5-11/h6-11H,1-5H2,(H2,19,20,21,22). The summed E-state index contributed by atoms with van der Waals surface area (Å²) in [6, 6.07) is 6.82. The lowest BCUT2D eigenvalue weighted by atomic mass is 9.95. The molecule has 0 radical (unpaired) electrons. The van der Waals surface area contributed by atoms with Gasteiger partial charge in [0.25, 0.3) is 0 Å². The van der Waals surface area contributed by atoms with E-state index in [1.54, 1.807) is 6.07 Å². The fourth-order valence-electron chi connectivity index (χ4n) is 2.68. The number of rotatable bonds is 4. The Labute approximate surface area is 134 Å². The fourth-order valence-corrected chi connectivity index (χ4v) is 2.86. The van der Waals surface area contributed by atoms with Crippen molar-refractivity contribution in [2.75, 3.05) is 10.6 Å². The first kappa shape index (κ1) is 15.0. The molecule has 0 spiro atoms. The van der Waals surface area contributed by atoms with Crippen LogP contribution in [0.5, 0.6) is 0 Å². The van der Waals surface area contributed by atoms with Gasteiger partial charge in [-0.25, -0.2) is 14.4 Å². The van der Waals surface area contributed by atoms with Crippen molar-refractivity contribution in [2.45, 2.75) is 38.1 Å². The highest BCUT2D eigenvalue weighted by Crippen LogP contribution is 2.24. The SMILES string of the molecule is Fc1ccc(Nc2cc(NC3CCCCC3)ncn2)cc1Cl. The molecule has 0 aliphatic heterocycles. The molecule has 1 fully saturated rings. The predicted octanol–water partition coefficient (Wildman–Crippen LogP) is 4.76. The van der Waals surface area contributed by atoms with E-state index >= 15 is 0 Å². The van der Waals surface area contributed by atoms with Gasteiger partial charge in [0.2, 0.25) is 0 Å². The minimum absolute atomic E-state index is 0.0830. The molecular formula is C16H18ClFN4. The summed E-state index contributed by atoms with van der Waals surface area (Å²) >= 11 is 5.78. The Morgan fingerprint density at radius 3 is 2.59 bits per heavy atom. The van der Waals surface area contributed by atoms with Gasteiger partial charge >= 0.3 is 0 Å². The largest absolute Gasteiger partial charge is 0.367 e. The van der Waals surface area contributed by atoms with Crippen LogP contribution < -0.4 is 10.6 Å². The molecule has 1 heterocycles. The zero-order valence-electron chi connectivity index (χ0n) is 12.1. The van der Waals surface area contributed by atoms with E-state index in [2.05, 4.69) is 20.6 Å². The third-order valence-corrected chi connectivity index (χ3v) is 4.11. The summed E-state index contributed by atoms with van der Waals surface area (Å²) in [5, 5.41) is 6.64. The number of hydrogen-bond acceptors (Lipinski definition) is 4. The minimum Gasteiger partial charge on any atom is -0.367 e. The Hall–Kier alpha value is -1.88. The molecular weight excluding hydrogens is 303 g/mol. The second-order valence-electron chi connectivity index (χ2n) is 5.52. The van der Waals surface area contributed by atoms with E-state index in [1.165, 1.54) is 50.6 Å². The average Bonchev–Trinajstić information content (AvgIpc) is 2.52. The fraction of sp³-hybridized carbons (Fsp3) is 0.375. The first-order valence-corrected chi connectivity index (χ1v) is 7.89. The van der Waals surface area contributed by atoms with Crippen molar-refractivity contribution in [1.29, 1.82) is 0 Å².